The third kappa shape index (κ3) is 2.17. The lowest BCUT2D eigenvalue weighted by Gasteiger charge is -2.19. The summed E-state index contributed by atoms with van der Waals surface area (Å²) in [5.41, 5.74) is 7.10. The highest BCUT2D eigenvalue weighted by atomic mass is 32.1. The van der Waals surface area contributed by atoms with E-state index in [1.807, 2.05) is 0 Å². The van der Waals surface area contributed by atoms with Gasteiger partial charge in [0.2, 0.25) is 0 Å². The Morgan fingerprint density at radius 2 is 2.04 bits per heavy atom. The van der Waals surface area contributed by atoms with Crippen LogP contribution in [0, 0.1) is 0 Å². The number of amidine groups is 1. The van der Waals surface area contributed by atoms with E-state index in [4.69, 9.17) is 10.5 Å². The first-order valence-electron chi connectivity index (χ1n) is 7.09. The number of aliphatic hydroxyl groups excluding tert-OH is 3. The number of anilines is 1. The number of nitrogens with two attached hydrogens (primary N) is 1. The molecule has 0 amide bonds. The molecular formula is C13H18N6O4S. The van der Waals surface area contributed by atoms with E-state index in [0.29, 0.717) is 28.3 Å². The highest BCUT2D eigenvalue weighted by molar-refractivity contribution is 7.59. The monoisotopic (exact) mass is 354 g/mol. The van der Waals surface area contributed by atoms with Gasteiger partial charge in [-0.1, -0.05) is 0 Å². The van der Waals surface area contributed by atoms with Gasteiger partial charge in [-0.25, -0.2) is 15.0 Å². The second kappa shape index (κ2) is 5.86. The van der Waals surface area contributed by atoms with E-state index < -0.39 is 31.1 Å². The van der Waals surface area contributed by atoms with E-state index in [1.165, 1.54) is 6.33 Å². The van der Waals surface area contributed by atoms with Crippen molar-refractivity contribution in [3.8, 4) is 0 Å². The first-order valence-corrected chi connectivity index (χ1v) is 7.09. The summed E-state index contributed by atoms with van der Waals surface area (Å²) in [6.45, 7) is -0.395. The number of nitrogens with zero attached hydrogens (tertiary/aromatic N) is 5. The molecule has 2 aromatic heterocycles. The molecule has 4 atom stereocenters. The number of hydrazone groups is 1. The third-order valence-corrected chi connectivity index (χ3v) is 4.22. The Kier molecular flexibility index (Phi) is 4.13. The predicted molar refractivity (Wildman–Crippen MR) is 90.0 cm³/mol. The van der Waals surface area contributed by atoms with Crippen LogP contribution in [0.5, 0.6) is 0 Å². The molecule has 24 heavy (non-hydrogen) atoms. The zero-order chi connectivity index (χ0) is 16.3. The Balaban J connectivity index is 0.00000169. The summed E-state index contributed by atoms with van der Waals surface area (Å²) in [7, 11) is 1.72. The average Bonchev–Trinajstić information content (AvgIpc) is 3.05. The fourth-order valence-electron chi connectivity index (χ4n) is 3.07. The Hall–Kier alpha value is -1.92. The van der Waals surface area contributed by atoms with Gasteiger partial charge in [-0.15, -0.1) is 0 Å². The lowest BCUT2D eigenvalue weighted by atomic mass is 10.1. The lowest BCUT2D eigenvalue weighted by Crippen LogP contribution is -2.33. The zero-order valence-corrected chi connectivity index (χ0v) is 13.7. The van der Waals surface area contributed by atoms with Gasteiger partial charge in [0.1, 0.15) is 30.3 Å². The predicted octanol–water partition coefficient (Wildman–Crippen LogP) is -1.77. The van der Waals surface area contributed by atoms with Crippen molar-refractivity contribution in [2.75, 3.05) is 18.7 Å². The van der Waals surface area contributed by atoms with Gasteiger partial charge in [0.25, 0.3) is 0 Å². The standard InChI is InChI=1S/C13H16N6O4.H2S/c1-18-11-7-5(10(14)17-18)2-19(12(7)16-4-15-11)13-9(22)8(21)6(3-20)23-13;/h2,4,6,8-9,13,20-22H,3H2,1H3,(H2,14,17);1H2/t6-,8-,9-,13?;/m1./s1. The summed E-state index contributed by atoms with van der Waals surface area (Å²) in [6.07, 6.45) is -1.10. The number of aromatic nitrogens is 3. The zero-order valence-electron chi connectivity index (χ0n) is 12.7. The molecule has 4 heterocycles. The maximum atomic E-state index is 10.2. The number of hydrogen-bond donors (Lipinski definition) is 4. The summed E-state index contributed by atoms with van der Waals surface area (Å²) in [5, 5.41) is 35.9. The van der Waals surface area contributed by atoms with Gasteiger partial charge < -0.3 is 30.4 Å². The van der Waals surface area contributed by atoms with Gasteiger partial charge in [-0.05, 0) is 0 Å². The molecular weight excluding hydrogens is 336 g/mol. The minimum atomic E-state index is -1.20. The first-order chi connectivity index (χ1) is 11.0. The van der Waals surface area contributed by atoms with Crippen LogP contribution in [0.25, 0.3) is 11.0 Å². The summed E-state index contributed by atoms with van der Waals surface area (Å²) in [4.78, 5) is 8.45. The molecule has 0 radical (unpaired) electrons. The molecule has 10 nitrogen and oxygen atoms in total. The van der Waals surface area contributed by atoms with E-state index in [2.05, 4.69) is 15.1 Å². The Morgan fingerprint density at radius 1 is 1.29 bits per heavy atom. The summed E-state index contributed by atoms with van der Waals surface area (Å²) < 4.78 is 7.15. The van der Waals surface area contributed by atoms with Crippen molar-refractivity contribution in [2.45, 2.75) is 24.5 Å². The Labute approximate surface area is 143 Å². The third-order valence-electron chi connectivity index (χ3n) is 4.22. The molecule has 1 unspecified atom stereocenters. The van der Waals surface area contributed by atoms with Crippen LogP contribution in [-0.4, -0.2) is 67.7 Å². The maximum Gasteiger partial charge on any atom is 0.164 e. The second-order valence-electron chi connectivity index (χ2n) is 5.58. The van der Waals surface area contributed by atoms with Gasteiger partial charge in [-0.3, -0.25) is 0 Å². The molecule has 1 fully saturated rings. The van der Waals surface area contributed by atoms with Crippen LogP contribution in [0.1, 0.15) is 11.8 Å². The fourth-order valence-corrected chi connectivity index (χ4v) is 3.07. The highest BCUT2D eigenvalue weighted by Gasteiger charge is 2.44. The summed E-state index contributed by atoms with van der Waals surface area (Å²) in [6, 6.07) is 0. The van der Waals surface area contributed by atoms with Crippen LogP contribution in [-0.2, 0) is 4.74 Å². The Morgan fingerprint density at radius 3 is 2.71 bits per heavy atom. The van der Waals surface area contributed by atoms with Crippen molar-refractivity contribution in [3.05, 3.63) is 18.1 Å². The van der Waals surface area contributed by atoms with Crippen molar-refractivity contribution in [2.24, 2.45) is 10.8 Å². The lowest BCUT2D eigenvalue weighted by molar-refractivity contribution is -0.0508. The van der Waals surface area contributed by atoms with Crippen molar-refractivity contribution in [1.82, 2.24) is 14.5 Å². The van der Waals surface area contributed by atoms with E-state index in [1.54, 1.807) is 22.8 Å². The van der Waals surface area contributed by atoms with Crippen LogP contribution in [0.15, 0.2) is 17.6 Å². The molecule has 130 valence electrons. The molecule has 0 bridgehead atoms. The van der Waals surface area contributed by atoms with Crippen molar-refractivity contribution in [3.63, 3.8) is 0 Å². The molecule has 4 rings (SSSR count). The van der Waals surface area contributed by atoms with Gasteiger partial charge in [0, 0.05) is 18.8 Å². The number of ether oxygens (including phenoxy) is 1. The van der Waals surface area contributed by atoms with Crippen LogP contribution < -0.4 is 10.7 Å². The molecule has 11 heteroatoms. The summed E-state index contributed by atoms with van der Waals surface area (Å²) >= 11 is 0. The van der Waals surface area contributed by atoms with Crippen molar-refractivity contribution < 1.29 is 20.1 Å². The minimum absolute atomic E-state index is 0. The van der Waals surface area contributed by atoms with E-state index in [0.717, 1.165) is 0 Å². The molecule has 2 aromatic rings. The van der Waals surface area contributed by atoms with E-state index in [-0.39, 0.29) is 13.5 Å². The van der Waals surface area contributed by atoms with Crippen LogP contribution in [0.2, 0.25) is 0 Å². The van der Waals surface area contributed by atoms with Gasteiger partial charge in [0.15, 0.2) is 17.9 Å². The smallest absolute Gasteiger partial charge is 0.164 e. The average molecular weight is 354 g/mol. The normalized spacial score (nSPS) is 28.8. The molecule has 0 aromatic carbocycles. The molecule has 0 spiro atoms. The maximum absolute atomic E-state index is 10.2. The van der Waals surface area contributed by atoms with Gasteiger partial charge in [0.05, 0.1) is 12.0 Å². The van der Waals surface area contributed by atoms with Crippen molar-refractivity contribution >= 4 is 36.2 Å². The van der Waals surface area contributed by atoms with Crippen LogP contribution in [0.4, 0.5) is 5.82 Å². The Bertz CT molecular complexity index is 811. The molecule has 2 aliphatic rings. The second-order valence-corrected chi connectivity index (χ2v) is 5.58. The minimum Gasteiger partial charge on any atom is -0.394 e. The first kappa shape index (κ1) is 16.9. The SMILES string of the molecule is CN1N=C(N)c2cn(C3O[C@H](CO)[C@@H](O)[C@H]3O)c3ncnc1c23.S. The number of rotatable bonds is 2. The molecule has 1 saturated heterocycles. The topological polar surface area (TPSA) is 142 Å². The summed E-state index contributed by atoms with van der Waals surface area (Å²) in [5.74, 6) is 0.884. The molecule has 0 aliphatic carbocycles. The van der Waals surface area contributed by atoms with Crippen molar-refractivity contribution in [1.29, 1.82) is 0 Å². The van der Waals surface area contributed by atoms with Crippen LogP contribution >= 0.6 is 13.5 Å². The van der Waals surface area contributed by atoms with Gasteiger partial charge >= 0.3 is 0 Å². The quantitative estimate of drug-likeness (QED) is 0.496. The molecule has 0 saturated carbocycles. The molecule has 2 aliphatic heterocycles. The van der Waals surface area contributed by atoms with E-state index >= 15 is 0 Å². The van der Waals surface area contributed by atoms with Crippen LogP contribution in [0.3, 0.4) is 0 Å². The highest BCUT2D eigenvalue weighted by Crippen LogP contribution is 2.36. The number of hydrogen-bond acceptors (Lipinski definition) is 9. The fraction of sp³-hybridized carbons (Fsp3) is 0.462. The van der Waals surface area contributed by atoms with E-state index in [9.17, 15) is 15.3 Å². The molecule has 5 N–H and O–H groups in total. The number of aliphatic hydroxyl groups is 3. The van der Waals surface area contributed by atoms with Gasteiger partial charge in [-0.2, -0.15) is 18.6 Å². The largest absolute Gasteiger partial charge is 0.394 e.